The summed E-state index contributed by atoms with van der Waals surface area (Å²) in [5.74, 6) is -0.568. The number of fused-ring (bicyclic) bond motifs is 1. The predicted octanol–water partition coefficient (Wildman–Crippen LogP) is 2.35. The highest BCUT2D eigenvalue weighted by Gasteiger charge is 2.42. The third-order valence-corrected chi connectivity index (χ3v) is 9.97. The van der Waals surface area contributed by atoms with Crippen molar-refractivity contribution in [2.75, 3.05) is 25.4 Å². The average Bonchev–Trinajstić information content (AvgIpc) is 3.70. The second-order valence-electron chi connectivity index (χ2n) is 12.4. The Balaban J connectivity index is 1.02. The highest BCUT2D eigenvalue weighted by molar-refractivity contribution is 8.00. The Bertz CT molecular complexity index is 1080. The van der Waals surface area contributed by atoms with Crippen LogP contribution in [0.5, 0.6) is 0 Å². The van der Waals surface area contributed by atoms with E-state index in [0.29, 0.717) is 68.5 Å². The molecule has 7 amide bonds. The molecule has 15 heteroatoms. The molecular formula is C32H52N6O8S. The quantitative estimate of drug-likeness (QED) is 0.0578. The monoisotopic (exact) mass is 680 g/mol. The molecule has 264 valence electrons. The lowest BCUT2D eigenvalue weighted by Crippen LogP contribution is -2.36. The number of unbranched alkanes of at least 4 members (excludes halogenated alkanes) is 7. The standard InChI is InChI=1S/C32H52N6O8S/c39-25(13-5-2-10-20-35-27(41)15-8-7-12-24-31-23(22-47-24)36-32(45)37-31)33-19-9-1-4-14-26(40)34-21-11-3-6-16-30(44)46-38-28(42)17-18-29(38)43/h23-24,31H,1-22H2,(H,33,39)(H,34,40)(H,35,41)(H2,36,37,45)/t23?,24-,31?/m0/s1. The summed E-state index contributed by atoms with van der Waals surface area (Å²) in [7, 11) is 0. The molecule has 14 nitrogen and oxygen atoms in total. The molecule has 0 bridgehead atoms. The second kappa shape index (κ2) is 21.5. The summed E-state index contributed by atoms with van der Waals surface area (Å²) in [6.07, 6.45) is 11.3. The van der Waals surface area contributed by atoms with Crippen LogP contribution in [0.4, 0.5) is 4.79 Å². The molecule has 5 N–H and O–H groups in total. The molecule has 0 aromatic rings. The van der Waals surface area contributed by atoms with Crippen molar-refractivity contribution in [1.82, 2.24) is 31.6 Å². The summed E-state index contributed by atoms with van der Waals surface area (Å²) >= 11 is 1.89. The van der Waals surface area contributed by atoms with Crippen molar-refractivity contribution in [3.63, 3.8) is 0 Å². The highest BCUT2D eigenvalue weighted by atomic mass is 32.2. The predicted molar refractivity (Wildman–Crippen MR) is 176 cm³/mol. The van der Waals surface area contributed by atoms with Gasteiger partial charge in [0.25, 0.3) is 11.8 Å². The molecule has 47 heavy (non-hydrogen) atoms. The van der Waals surface area contributed by atoms with Crippen LogP contribution in [0.25, 0.3) is 0 Å². The maximum atomic E-state index is 12.1. The fourth-order valence-electron chi connectivity index (χ4n) is 5.77. The number of carbonyl (C=O) groups excluding carboxylic acids is 7. The van der Waals surface area contributed by atoms with Crippen LogP contribution < -0.4 is 26.6 Å². The smallest absolute Gasteiger partial charge is 0.333 e. The molecule has 0 aliphatic carbocycles. The van der Waals surface area contributed by atoms with Gasteiger partial charge in [-0.2, -0.15) is 11.8 Å². The largest absolute Gasteiger partial charge is 0.356 e. The normalized spacial score (nSPS) is 20.0. The fourth-order valence-corrected chi connectivity index (χ4v) is 7.32. The molecule has 3 atom stereocenters. The van der Waals surface area contributed by atoms with E-state index < -0.39 is 17.8 Å². The Morgan fingerprint density at radius 3 is 1.68 bits per heavy atom. The minimum absolute atomic E-state index is 0.0218. The van der Waals surface area contributed by atoms with E-state index in [2.05, 4.69) is 26.6 Å². The third kappa shape index (κ3) is 14.9. The molecule has 0 radical (unpaired) electrons. The minimum Gasteiger partial charge on any atom is -0.356 e. The molecule has 0 aromatic carbocycles. The van der Waals surface area contributed by atoms with Gasteiger partial charge >= 0.3 is 12.0 Å². The Kier molecular flexibility index (Phi) is 17.4. The van der Waals surface area contributed by atoms with E-state index in [1.165, 1.54) is 0 Å². The van der Waals surface area contributed by atoms with E-state index in [4.69, 9.17) is 4.84 Å². The first kappa shape index (κ1) is 38.1. The molecule has 3 saturated heterocycles. The van der Waals surface area contributed by atoms with Crippen molar-refractivity contribution >= 4 is 53.3 Å². The first-order valence-corrected chi connectivity index (χ1v) is 18.3. The van der Waals surface area contributed by atoms with Crippen molar-refractivity contribution in [3.8, 4) is 0 Å². The van der Waals surface area contributed by atoms with Crippen LogP contribution in [-0.4, -0.2) is 89.3 Å². The zero-order chi connectivity index (χ0) is 33.9. The van der Waals surface area contributed by atoms with Gasteiger partial charge in [-0.3, -0.25) is 24.0 Å². The summed E-state index contributed by atoms with van der Waals surface area (Å²) in [6.45, 7) is 1.73. The number of urea groups is 1. The van der Waals surface area contributed by atoms with Crippen molar-refractivity contribution in [2.45, 2.75) is 133 Å². The van der Waals surface area contributed by atoms with Crippen molar-refractivity contribution in [3.05, 3.63) is 0 Å². The summed E-state index contributed by atoms with van der Waals surface area (Å²) in [5.41, 5.74) is 0. The molecule has 3 rings (SSSR count). The number of rotatable bonds is 24. The van der Waals surface area contributed by atoms with Gasteiger partial charge < -0.3 is 31.4 Å². The molecule has 0 aromatic heterocycles. The van der Waals surface area contributed by atoms with Crippen LogP contribution in [0.15, 0.2) is 0 Å². The number of amides is 7. The number of hydrogen-bond acceptors (Lipinski definition) is 9. The van der Waals surface area contributed by atoms with E-state index in [0.717, 1.165) is 63.5 Å². The number of carbonyl (C=O) groups is 7. The van der Waals surface area contributed by atoms with Crippen molar-refractivity contribution in [1.29, 1.82) is 0 Å². The lowest BCUT2D eigenvalue weighted by molar-refractivity contribution is -0.197. The summed E-state index contributed by atoms with van der Waals surface area (Å²) in [5, 5.41) is 15.7. The van der Waals surface area contributed by atoms with E-state index >= 15 is 0 Å². The maximum Gasteiger partial charge on any atom is 0.333 e. The molecule has 0 spiro atoms. The minimum atomic E-state index is -0.609. The molecule has 3 aliphatic heterocycles. The van der Waals surface area contributed by atoms with E-state index in [-0.39, 0.29) is 55.1 Å². The van der Waals surface area contributed by atoms with Crippen LogP contribution in [0.3, 0.4) is 0 Å². The number of nitrogens with one attached hydrogen (secondary N) is 5. The van der Waals surface area contributed by atoms with Crippen LogP contribution in [0.1, 0.15) is 116 Å². The lowest BCUT2D eigenvalue weighted by Gasteiger charge is -2.16. The van der Waals surface area contributed by atoms with E-state index in [1.807, 2.05) is 11.8 Å². The molecule has 3 aliphatic rings. The van der Waals surface area contributed by atoms with Gasteiger partial charge in [0.2, 0.25) is 17.7 Å². The van der Waals surface area contributed by atoms with E-state index in [9.17, 15) is 33.6 Å². The number of imide groups is 1. The van der Waals surface area contributed by atoms with Gasteiger partial charge in [-0.1, -0.05) is 25.7 Å². The Morgan fingerprint density at radius 1 is 0.660 bits per heavy atom. The van der Waals surface area contributed by atoms with Crippen molar-refractivity contribution in [2.24, 2.45) is 0 Å². The van der Waals surface area contributed by atoms with Crippen molar-refractivity contribution < 1.29 is 38.4 Å². The molecule has 3 fully saturated rings. The van der Waals surface area contributed by atoms with Gasteiger partial charge in [-0.05, 0) is 51.4 Å². The first-order valence-electron chi connectivity index (χ1n) is 17.3. The molecule has 2 unspecified atom stereocenters. The summed E-state index contributed by atoms with van der Waals surface area (Å²) < 4.78 is 0. The van der Waals surface area contributed by atoms with Crippen LogP contribution >= 0.6 is 11.8 Å². The number of thioether (sulfide) groups is 1. The average molecular weight is 681 g/mol. The molecular weight excluding hydrogens is 628 g/mol. The van der Waals surface area contributed by atoms with Crippen LogP contribution in [0, 0.1) is 0 Å². The van der Waals surface area contributed by atoms with Gasteiger partial charge in [0.1, 0.15) is 0 Å². The third-order valence-electron chi connectivity index (χ3n) is 8.46. The molecule has 0 saturated carbocycles. The number of hydroxylamine groups is 2. The van der Waals surface area contributed by atoms with Gasteiger partial charge in [0.15, 0.2) is 0 Å². The lowest BCUT2D eigenvalue weighted by atomic mass is 10.0. The SMILES string of the molecule is O=C(CCCCCNC(=O)CCCCCNC(=O)CCCC[C@@H]1SCC2NC(=O)NC21)NCCCCCC(=O)ON1C(=O)CCC1=O. The Morgan fingerprint density at radius 2 is 1.15 bits per heavy atom. The van der Waals surface area contributed by atoms with E-state index in [1.54, 1.807) is 0 Å². The van der Waals surface area contributed by atoms with Gasteiger partial charge in [-0.15, -0.1) is 5.06 Å². The molecule has 3 heterocycles. The summed E-state index contributed by atoms with van der Waals surface area (Å²) in [4.78, 5) is 87.1. The number of hydrogen-bond donors (Lipinski definition) is 5. The topological polar surface area (TPSA) is 192 Å². The maximum absolute atomic E-state index is 12.1. The highest BCUT2D eigenvalue weighted by Crippen LogP contribution is 2.33. The van der Waals surface area contributed by atoms with Gasteiger partial charge in [0, 0.05) is 69.2 Å². The zero-order valence-corrected chi connectivity index (χ0v) is 28.2. The van der Waals surface area contributed by atoms with Crippen LogP contribution in [0.2, 0.25) is 0 Å². The second-order valence-corrected chi connectivity index (χ2v) is 13.7. The van der Waals surface area contributed by atoms with Gasteiger partial charge in [0.05, 0.1) is 12.1 Å². The van der Waals surface area contributed by atoms with Gasteiger partial charge in [-0.25, -0.2) is 9.59 Å². The summed E-state index contributed by atoms with van der Waals surface area (Å²) in [6, 6.07) is 0.379. The zero-order valence-electron chi connectivity index (χ0n) is 27.4. The van der Waals surface area contributed by atoms with Crippen LogP contribution in [-0.2, 0) is 33.6 Å². The fraction of sp³-hybridized carbons (Fsp3) is 0.781. The Hall–Kier alpha value is -3.36. The first-order chi connectivity index (χ1) is 22.7. The number of nitrogens with zero attached hydrogens (tertiary/aromatic N) is 1. The Labute approximate surface area is 281 Å².